The number of halogens is 2. The Hall–Kier alpha value is -1.46. The van der Waals surface area contributed by atoms with Crippen LogP contribution in [0.5, 0.6) is 0 Å². The van der Waals surface area contributed by atoms with Crippen molar-refractivity contribution in [3.63, 3.8) is 0 Å². The number of aromatic nitrogens is 1. The highest BCUT2D eigenvalue weighted by molar-refractivity contribution is 7.99. The molecule has 0 saturated heterocycles. The molecule has 1 heterocycles. The van der Waals surface area contributed by atoms with Gasteiger partial charge in [-0.2, -0.15) is 0 Å². The maximum absolute atomic E-state index is 13.5. The largest absolute Gasteiger partial charge is 0.324 e. The number of rotatable bonds is 3. The Kier molecular flexibility index (Phi) is 3.93. The second-order valence-corrected chi connectivity index (χ2v) is 4.89. The maximum atomic E-state index is 13.5. The van der Waals surface area contributed by atoms with Crippen molar-refractivity contribution < 1.29 is 8.78 Å². The van der Waals surface area contributed by atoms with Crippen LogP contribution in [0.25, 0.3) is 0 Å². The fourth-order valence-corrected chi connectivity index (χ4v) is 2.53. The molecule has 0 aliphatic carbocycles. The molecule has 1 atom stereocenters. The summed E-state index contributed by atoms with van der Waals surface area (Å²) in [7, 11) is 0. The second kappa shape index (κ2) is 5.46. The summed E-state index contributed by atoms with van der Waals surface area (Å²) >= 11 is 1.08. The SMILES string of the molecule is CC(N)c1cccnc1Sc1cc(F)ccc1F. The maximum Gasteiger partial charge on any atom is 0.137 e. The van der Waals surface area contributed by atoms with Crippen molar-refractivity contribution in [2.24, 2.45) is 5.73 Å². The number of hydrogen-bond donors (Lipinski definition) is 1. The average molecular weight is 266 g/mol. The van der Waals surface area contributed by atoms with Gasteiger partial charge in [-0.1, -0.05) is 17.8 Å². The number of hydrogen-bond acceptors (Lipinski definition) is 3. The molecule has 1 unspecified atom stereocenters. The predicted octanol–water partition coefficient (Wildman–Crippen LogP) is 3.53. The highest BCUT2D eigenvalue weighted by atomic mass is 32.2. The quantitative estimate of drug-likeness (QED) is 0.923. The van der Waals surface area contributed by atoms with Crippen LogP contribution in [0.1, 0.15) is 18.5 Å². The van der Waals surface area contributed by atoms with Crippen molar-refractivity contribution in [1.82, 2.24) is 4.98 Å². The normalized spacial score (nSPS) is 12.4. The van der Waals surface area contributed by atoms with Gasteiger partial charge in [-0.15, -0.1) is 0 Å². The zero-order chi connectivity index (χ0) is 13.1. The lowest BCUT2D eigenvalue weighted by molar-refractivity contribution is 0.577. The van der Waals surface area contributed by atoms with Gasteiger partial charge in [-0.3, -0.25) is 0 Å². The molecule has 94 valence electrons. The molecule has 0 amide bonds. The van der Waals surface area contributed by atoms with Crippen molar-refractivity contribution in [1.29, 1.82) is 0 Å². The van der Waals surface area contributed by atoms with Crippen molar-refractivity contribution in [2.75, 3.05) is 0 Å². The molecule has 0 saturated carbocycles. The van der Waals surface area contributed by atoms with E-state index in [0.717, 1.165) is 35.5 Å². The molecule has 2 nitrogen and oxygen atoms in total. The van der Waals surface area contributed by atoms with E-state index < -0.39 is 11.6 Å². The molecule has 0 spiro atoms. The molecule has 0 bridgehead atoms. The highest BCUT2D eigenvalue weighted by Gasteiger charge is 2.12. The summed E-state index contributed by atoms with van der Waals surface area (Å²) in [4.78, 5) is 4.36. The van der Waals surface area contributed by atoms with Crippen molar-refractivity contribution >= 4 is 11.8 Å². The molecule has 2 N–H and O–H groups in total. The predicted molar refractivity (Wildman–Crippen MR) is 67.3 cm³/mol. The Balaban J connectivity index is 2.37. The molecule has 18 heavy (non-hydrogen) atoms. The summed E-state index contributed by atoms with van der Waals surface area (Å²) in [5.74, 6) is -0.945. The minimum absolute atomic E-state index is 0.204. The van der Waals surface area contributed by atoms with E-state index in [9.17, 15) is 8.78 Å². The molecule has 2 aromatic rings. The zero-order valence-corrected chi connectivity index (χ0v) is 10.5. The summed E-state index contributed by atoms with van der Waals surface area (Å²) in [6.07, 6.45) is 1.60. The number of nitrogens with zero attached hydrogens (tertiary/aromatic N) is 1. The molecule has 0 aliphatic heterocycles. The summed E-state index contributed by atoms with van der Waals surface area (Å²) in [6, 6.07) is 6.73. The van der Waals surface area contributed by atoms with Gasteiger partial charge in [0.15, 0.2) is 0 Å². The molecule has 1 aromatic carbocycles. The van der Waals surface area contributed by atoms with Gasteiger partial charge in [0.25, 0.3) is 0 Å². The summed E-state index contributed by atoms with van der Waals surface area (Å²) in [5.41, 5.74) is 6.63. The van der Waals surface area contributed by atoms with Crippen molar-refractivity contribution in [3.8, 4) is 0 Å². The van der Waals surface area contributed by atoms with Crippen LogP contribution in [0.2, 0.25) is 0 Å². The topological polar surface area (TPSA) is 38.9 Å². The Morgan fingerprint density at radius 2 is 2.06 bits per heavy atom. The summed E-state index contributed by atoms with van der Waals surface area (Å²) in [5, 5.41) is 0.594. The lowest BCUT2D eigenvalue weighted by Gasteiger charge is -2.11. The van der Waals surface area contributed by atoms with Crippen LogP contribution in [0.3, 0.4) is 0 Å². The summed E-state index contributed by atoms with van der Waals surface area (Å²) in [6.45, 7) is 1.82. The Morgan fingerprint density at radius 3 is 2.78 bits per heavy atom. The zero-order valence-electron chi connectivity index (χ0n) is 9.73. The van der Waals surface area contributed by atoms with Gasteiger partial charge in [0.1, 0.15) is 16.7 Å². The van der Waals surface area contributed by atoms with Crippen LogP contribution in [0.15, 0.2) is 46.5 Å². The van der Waals surface area contributed by atoms with E-state index in [4.69, 9.17) is 5.73 Å². The van der Waals surface area contributed by atoms with Gasteiger partial charge in [0, 0.05) is 17.8 Å². The van der Waals surface area contributed by atoms with Gasteiger partial charge in [-0.25, -0.2) is 13.8 Å². The van der Waals surface area contributed by atoms with Crippen LogP contribution in [0, 0.1) is 11.6 Å². The second-order valence-electron chi connectivity index (χ2n) is 3.86. The molecular weight excluding hydrogens is 254 g/mol. The minimum Gasteiger partial charge on any atom is -0.324 e. The molecule has 0 fully saturated rings. The molecule has 5 heteroatoms. The molecule has 0 aliphatic rings. The van der Waals surface area contributed by atoms with Gasteiger partial charge >= 0.3 is 0 Å². The van der Waals surface area contributed by atoms with Gasteiger partial charge in [0.2, 0.25) is 0 Å². The first kappa shape index (κ1) is 13.0. The molecule has 1 aromatic heterocycles. The average Bonchev–Trinajstić information content (AvgIpc) is 2.34. The Morgan fingerprint density at radius 1 is 1.28 bits per heavy atom. The van der Waals surface area contributed by atoms with Gasteiger partial charge < -0.3 is 5.73 Å². The van der Waals surface area contributed by atoms with E-state index >= 15 is 0 Å². The third-order valence-corrected chi connectivity index (χ3v) is 3.46. The Labute approximate surface area is 108 Å². The first-order valence-electron chi connectivity index (χ1n) is 5.41. The van der Waals surface area contributed by atoms with E-state index in [1.54, 1.807) is 12.3 Å². The lowest BCUT2D eigenvalue weighted by Crippen LogP contribution is -2.07. The van der Waals surface area contributed by atoms with E-state index in [-0.39, 0.29) is 10.9 Å². The Bertz CT molecular complexity index is 558. The summed E-state index contributed by atoms with van der Waals surface area (Å²) < 4.78 is 26.6. The van der Waals surface area contributed by atoms with Crippen LogP contribution in [0.4, 0.5) is 8.78 Å². The van der Waals surface area contributed by atoms with E-state index in [2.05, 4.69) is 4.98 Å². The molecule has 0 radical (unpaired) electrons. The van der Waals surface area contributed by atoms with Crippen LogP contribution in [-0.4, -0.2) is 4.98 Å². The van der Waals surface area contributed by atoms with E-state index in [1.807, 2.05) is 13.0 Å². The molecular formula is C13H12F2N2S. The van der Waals surface area contributed by atoms with E-state index in [0.29, 0.717) is 5.03 Å². The first-order valence-corrected chi connectivity index (χ1v) is 6.23. The van der Waals surface area contributed by atoms with Crippen molar-refractivity contribution in [3.05, 3.63) is 53.7 Å². The van der Waals surface area contributed by atoms with Crippen LogP contribution < -0.4 is 5.73 Å². The number of benzene rings is 1. The van der Waals surface area contributed by atoms with E-state index in [1.165, 1.54) is 0 Å². The minimum atomic E-state index is -0.475. The third-order valence-electron chi connectivity index (χ3n) is 2.39. The van der Waals surface area contributed by atoms with Gasteiger partial charge in [-0.05, 0) is 31.2 Å². The fourth-order valence-electron chi connectivity index (χ4n) is 1.49. The highest BCUT2D eigenvalue weighted by Crippen LogP contribution is 2.32. The van der Waals surface area contributed by atoms with Crippen LogP contribution >= 0.6 is 11.8 Å². The third kappa shape index (κ3) is 2.86. The van der Waals surface area contributed by atoms with Crippen molar-refractivity contribution in [2.45, 2.75) is 22.9 Å². The smallest absolute Gasteiger partial charge is 0.137 e. The first-order chi connectivity index (χ1) is 8.58. The fraction of sp³-hybridized carbons (Fsp3) is 0.154. The number of nitrogens with two attached hydrogens (primary N) is 1. The standard InChI is InChI=1S/C13H12F2N2S/c1-8(16)10-3-2-6-17-13(10)18-12-7-9(14)4-5-11(12)15/h2-8H,16H2,1H3. The lowest BCUT2D eigenvalue weighted by atomic mass is 10.2. The van der Waals surface area contributed by atoms with Gasteiger partial charge in [0.05, 0.1) is 4.90 Å². The molecule has 2 rings (SSSR count). The monoisotopic (exact) mass is 266 g/mol. The van der Waals surface area contributed by atoms with Crippen LogP contribution in [-0.2, 0) is 0 Å². The number of pyridine rings is 1.